The first-order valence-electron chi connectivity index (χ1n) is 6.73. The number of hydrogen-bond acceptors (Lipinski definition) is 3. The summed E-state index contributed by atoms with van der Waals surface area (Å²) in [5.74, 6) is 0.542. The van der Waals surface area contributed by atoms with Gasteiger partial charge in [0.25, 0.3) is 0 Å². The molecule has 0 atom stereocenters. The first kappa shape index (κ1) is 14.8. The minimum atomic E-state index is -0.189. The predicted octanol–water partition coefficient (Wildman–Crippen LogP) is 1.77. The Labute approximate surface area is 109 Å². The Bertz CT molecular complexity index is 273. The molecular weight excluding hydrogens is 232 g/mol. The third-order valence-electron chi connectivity index (χ3n) is 3.38. The Hall–Kier alpha value is -1.26. The summed E-state index contributed by atoms with van der Waals surface area (Å²) in [5.41, 5.74) is 0. The summed E-state index contributed by atoms with van der Waals surface area (Å²) in [6.07, 6.45) is 4.17. The maximum atomic E-state index is 11.8. The Kier molecular flexibility index (Phi) is 6.54. The third-order valence-corrected chi connectivity index (χ3v) is 3.38. The maximum Gasteiger partial charge on any atom is 0.317 e. The van der Waals surface area contributed by atoms with Crippen LogP contribution in [0.2, 0.25) is 0 Å². The first-order valence-corrected chi connectivity index (χ1v) is 6.73. The lowest BCUT2D eigenvalue weighted by atomic mass is 10.00. The van der Waals surface area contributed by atoms with E-state index < -0.39 is 0 Å². The van der Waals surface area contributed by atoms with E-state index in [9.17, 15) is 9.59 Å². The molecule has 0 aliphatic carbocycles. The fourth-order valence-electron chi connectivity index (χ4n) is 2.02. The molecule has 1 fully saturated rings. The van der Waals surface area contributed by atoms with E-state index in [1.165, 1.54) is 7.11 Å². The monoisotopic (exact) mass is 256 g/mol. The second-order valence-electron chi connectivity index (χ2n) is 4.93. The molecule has 18 heavy (non-hydrogen) atoms. The molecule has 1 aliphatic rings. The van der Waals surface area contributed by atoms with Crippen molar-refractivity contribution >= 4 is 12.0 Å². The van der Waals surface area contributed by atoms with Gasteiger partial charge in [-0.2, -0.15) is 0 Å². The summed E-state index contributed by atoms with van der Waals surface area (Å²) >= 11 is 0. The molecule has 0 unspecified atom stereocenters. The highest BCUT2D eigenvalue weighted by Gasteiger charge is 2.19. The number of nitrogens with one attached hydrogen (secondary N) is 1. The van der Waals surface area contributed by atoms with Crippen molar-refractivity contribution < 1.29 is 14.3 Å². The lowest BCUT2D eigenvalue weighted by Crippen LogP contribution is -2.44. The van der Waals surface area contributed by atoms with Crippen LogP contribution in [-0.4, -0.2) is 43.6 Å². The number of unbranched alkanes of at least 4 members (excludes halogenated alkanes) is 1. The van der Waals surface area contributed by atoms with Crippen LogP contribution < -0.4 is 5.32 Å². The maximum absolute atomic E-state index is 11.8. The predicted molar refractivity (Wildman–Crippen MR) is 69.2 cm³/mol. The van der Waals surface area contributed by atoms with Crippen molar-refractivity contribution in [1.82, 2.24) is 10.2 Å². The highest BCUT2D eigenvalue weighted by Crippen LogP contribution is 2.15. The van der Waals surface area contributed by atoms with Gasteiger partial charge in [-0.15, -0.1) is 0 Å². The Morgan fingerprint density at radius 2 is 1.94 bits per heavy atom. The fourth-order valence-corrected chi connectivity index (χ4v) is 2.02. The summed E-state index contributed by atoms with van der Waals surface area (Å²) in [6, 6.07) is 0.0277. The van der Waals surface area contributed by atoms with E-state index in [2.05, 4.69) is 17.0 Å². The van der Waals surface area contributed by atoms with E-state index >= 15 is 0 Å². The van der Waals surface area contributed by atoms with Crippen LogP contribution in [-0.2, 0) is 9.53 Å². The van der Waals surface area contributed by atoms with Crippen LogP contribution in [0.25, 0.3) is 0 Å². The standard InChI is InChI=1S/C13H24N2O3/c1-11-6-9-15(10-7-11)13(17)14-8-4-3-5-12(16)18-2/h11H,3-10H2,1-2H3,(H,14,17). The SMILES string of the molecule is COC(=O)CCCCNC(=O)N1CCC(C)CC1. The van der Waals surface area contributed by atoms with Crippen LogP contribution in [0.15, 0.2) is 0 Å². The molecule has 0 aromatic rings. The van der Waals surface area contributed by atoms with Gasteiger partial charge in [-0.25, -0.2) is 4.79 Å². The van der Waals surface area contributed by atoms with E-state index in [-0.39, 0.29) is 12.0 Å². The zero-order chi connectivity index (χ0) is 13.4. The number of urea groups is 1. The van der Waals surface area contributed by atoms with Crippen molar-refractivity contribution in [2.45, 2.75) is 39.0 Å². The number of esters is 1. The third kappa shape index (κ3) is 5.38. The molecular formula is C13H24N2O3. The van der Waals surface area contributed by atoms with Crippen LogP contribution in [0.5, 0.6) is 0 Å². The first-order chi connectivity index (χ1) is 8.63. The van der Waals surface area contributed by atoms with Crippen LogP contribution in [0.3, 0.4) is 0 Å². The number of amides is 2. The van der Waals surface area contributed by atoms with Crippen molar-refractivity contribution in [3.8, 4) is 0 Å². The summed E-state index contributed by atoms with van der Waals surface area (Å²) in [7, 11) is 1.39. The Morgan fingerprint density at radius 1 is 1.28 bits per heavy atom. The van der Waals surface area contributed by atoms with E-state index in [1.807, 2.05) is 4.90 Å². The van der Waals surface area contributed by atoms with Gasteiger partial charge in [0.15, 0.2) is 0 Å². The van der Waals surface area contributed by atoms with Crippen LogP contribution in [0, 0.1) is 5.92 Å². The number of likely N-dealkylation sites (tertiary alicyclic amines) is 1. The lowest BCUT2D eigenvalue weighted by Gasteiger charge is -2.30. The molecule has 1 N–H and O–H groups in total. The molecule has 5 nitrogen and oxygen atoms in total. The fraction of sp³-hybridized carbons (Fsp3) is 0.846. The summed E-state index contributed by atoms with van der Waals surface area (Å²) < 4.78 is 4.55. The van der Waals surface area contributed by atoms with Crippen molar-refractivity contribution in [3.63, 3.8) is 0 Å². The molecule has 1 aliphatic heterocycles. The molecule has 1 heterocycles. The average Bonchev–Trinajstić information content (AvgIpc) is 2.38. The number of piperidine rings is 1. The van der Waals surface area contributed by atoms with Crippen molar-refractivity contribution in [2.24, 2.45) is 5.92 Å². The summed E-state index contributed by atoms with van der Waals surface area (Å²) in [4.78, 5) is 24.5. The van der Waals surface area contributed by atoms with E-state index in [0.717, 1.165) is 44.7 Å². The van der Waals surface area contributed by atoms with E-state index in [1.54, 1.807) is 0 Å². The molecule has 2 amide bonds. The van der Waals surface area contributed by atoms with Crippen molar-refractivity contribution in [2.75, 3.05) is 26.7 Å². The van der Waals surface area contributed by atoms with Gasteiger partial charge in [-0.05, 0) is 31.6 Å². The second-order valence-corrected chi connectivity index (χ2v) is 4.93. The minimum Gasteiger partial charge on any atom is -0.469 e. The number of hydrogen-bond donors (Lipinski definition) is 1. The summed E-state index contributed by atoms with van der Waals surface area (Å²) in [5, 5.41) is 2.89. The lowest BCUT2D eigenvalue weighted by molar-refractivity contribution is -0.140. The number of ether oxygens (including phenoxy) is 1. The number of nitrogens with zero attached hydrogens (tertiary/aromatic N) is 1. The molecule has 0 radical (unpaired) electrons. The number of methoxy groups -OCH3 is 1. The molecule has 5 heteroatoms. The van der Waals surface area contributed by atoms with Gasteiger partial charge in [0.2, 0.25) is 0 Å². The molecule has 0 aromatic carbocycles. The molecule has 104 valence electrons. The normalized spacial score (nSPS) is 16.4. The van der Waals surface area contributed by atoms with Crippen LogP contribution in [0.4, 0.5) is 4.79 Å². The molecule has 0 spiro atoms. The molecule has 1 rings (SSSR count). The topological polar surface area (TPSA) is 58.6 Å². The van der Waals surface area contributed by atoms with E-state index in [0.29, 0.717) is 13.0 Å². The molecule has 1 saturated heterocycles. The van der Waals surface area contributed by atoms with E-state index in [4.69, 9.17) is 0 Å². The average molecular weight is 256 g/mol. The largest absolute Gasteiger partial charge is 0.469 e. The van der Waals surface area contributed by atoms with Gasteiger partial charge in [-0.3, -0.25) is 4.79 Å². The van der Waals surface area contributed by atoms with Gasteiger partial charge in [0, 0.05) is 26.1 Å². The zero-order valence-corrected chi connectivity index (χ0v) is 11.4. The number of carbonyl (C=O) groups is 2. The smallest absolute Gasteiger partial charge is 0.317 e. The van der Waals surface area contributed by atoms with Gasteiger partial charge in [0.1, 0.15) is 0 Å². The molecule has 0 bridgehead atoms. The van der Waals surface area contributed by atoms with Crippen molar-refractivity contribution in [3.05, 3.63) is 0 Å². The number of rotatable bonds is 5. The highest BCUT2D eigenvalue weighted by atomic mass is 16.5. The van der Waals surface area contributed by atoms with Gasteiger partial charge < -0.3 is 15.0 Å². The second kappa shape index (κ2) is 7.95. The highest BCUT2D eigenvalue weighted by molar-refractivity contribution is 5.74. The quantitative estimate of drug-likeness (QED) is 0.602. The molecule has 0 aromatic heterocycles. The van der Waals surface area contributed by atoms with Crippen molar-refractivity contribution in [1.29, 1.82) is 0 Å². The Balaban J connectivity index is 2.05. The number of carbonyl (C=O) groups excluding carboxylic acids is 2. The summed E-state index contributed by atoms with van der Waals surface area (Å²) in [6.45, 7) is 4.56. The minimum absolute atomic E-state index is 0.0277. The molecule has 0 saturated carbocycles. The zero-order valence-electron chi connectivity index (χ0n) is 11.4. The van der Waals surface area contributed by atoms with Crippen LogP contribution >= 0.6 is 0 Å². The van der Waals surface area contributed by atoms with Gasteiger partial charge >= 0.3 is 12.0 Å². The van der Waals surface area contributed by atoms with Crippen LogP contribution in [0.1, 0.15) is 39.0 Å². The van der Waals surface area contributed by atoms with Gasteiger partial charge in [-0.1, -0.05) is 6.92 Å². The Morgan fingerprint density at radius 3 is 2.56 bits per heavy atom. The van der Waals surface area contributed by atoms with Gasteiger partial charge in [0.05, 0.1) is 7.11 Å².